The topological polar surface area (TPSA) is 87.8 Å². The quantitative estimate of drug-likeness (QED) is 0.655. The molecule has 0 heterocycles. The number of anilines is 1. The minimum absolute atomic E-state index is 0.0757. The Bertz CT molecular complexity index is 545. The summed E-state index contributed by atoms with van der Waals surface area (Å²) in [6.45, 7) is 7.85. The lowest BCUT2D eigenvalue weighted by molar-refractivity contribution is 0.292. The maximum atomic E-state index is 11.3. The van der Waals surface area contributed by atoms with E-state index < -0.39 is 10.2 Å². The summed E-state index contributed by atoms with van der Waals surface area (Å²) < 4.78 is 26.2. The smallest absolute Gasteiger partial charge is 0.320 e. The molecule has 0 fully saturated rings. The highest BCUT2D eigenvalue weighted by atomic mass is 32.2. The number of rotatable bonds is 4. The molecule has 0 bridgehead atoms. The van der Waals surface area contributed by atoms with E-state index >= 15 is 0 Å². The van der Waals surface area contributed by atoms with Crippen molar-refractivity contribution in [1.29, 1.82) is 0 Å². The van der Waals surface area contributed by atoms with E-state index in [4.69, 9.17) is 5.14 Å². The average molecular weight is 298 g/mol. The van der Waals surface area contributed by atoms with Crippen molar-refractivity contribution < 1.29 is 8.42 Å². The first-order chi connectivity index (χ1) is 9.20. The second-order valence-electron chi connectivity index (χ2n) is 5.02. The summed E-state index contributed by atoms with van der Waals surface area (Å²) in [5, 5.41) is 8.06. The Labute approximate surface area is 120 Å². The number of hydrogen-bond donors (Lipinski definition) is 2. The first-order valence-corrected chi connectivity index (χ1v) is 7.94. The number of hydrogen-bond acceptors (Lipinski definition) is 2. The molecule has 0 atom stereocenters. The van der Waals surface area contributed by atoms with Crippen molar-refractivity contribution in [2.45, 2.75) is 39.8 Å². The van der Waals surface area contributed by atoms with E-state index in [9.17, 15) is 8.42 Å². The SMILES string of the molecule is CC(C)N(/C(=N\S(N)(=O)=O)Nc1ccccc1)C(C)C. The van der Waals surface area contributed by atoms with Gasteiger partial charge in [-0.1, -0.05) is 18.2 Å². The van der Waals surface area contributed by atoms with Crippen LogP contribution in [0.1, 0.15) is 27.7 Å². The van der Waals surface area contributed by atoms with E-state index in [1.54, 1.807) is 0 Å². The van der Waals surface area contributed by atoms with Crippen LogP contribution in [0.5, 0.6) is 0 Å². The summed E-state index contributed by atoms with van der Waals surface area (Å²) in [7, 11) is -3.97. The summed E-state index contributed by atoms with van der Waals surface area (Å²) in [6.07, 6.45) is 0. The normalized spacial score (nSPS) is 12.8. The molecule has 0 amide bonds. The summed E-state index contributed by atoms with van der Waals surface area (Å²) in [4.78, 5) is 1.86. The molecule has 7 heteroatoms. The third-order valence-corrected chi connectivity index (χ3v) is 3.03. The van der Waals surface area contributed by atoms with Gasteiger partial charge in [0, 0.05) is 17.8 Å². The monoisotopic (exact) mass is 298 g/mol. The lowest BCUT2D eigenvalue weighted by Crippen LogP contribution is -2.46. The van der Waals surface area contributed by atoms with Gasteiger partial charge < -0.3 is 10.2 Å². The zero-order chi connectivity index (χ0) is 15.3. The third kappa shape index (κ3) is 5.18. The van der Waals surface area contributed by atoms with Crippen LogP contribution < -0.4 is 10.5 Å². The van der Waals surface area contributed by atoms with Gasteiger partial charge in [-0.15, -0.1) is 4.40 Å². The lowest BCUT2D eigenvalue weighted by atomic mass is 10.2. The van der Waals surface area contributed by atoms with Crippen LogP contribution in [-0.2, 0) is 10.2 Å². The van der Waals surface area contributed by atoms with Crippen molar-refractivity contribution in [2.24, 2.45) is 9.54 Å². The van der Waals surface area contributed by atoms with Crippen LogP contribution in [0.15, 0.2) is 34.7 Å². The molecule has 0 saturated carbocycles. The van der Waals surface area contributed by atoms with Gasteiger partial charge in [0.1, 0.15) is 0 Å². The molecule has 0 radical (unpaired) electrons. The predicted molar refractivity (Wildman–Crippen MR) is 82.7 cm³/mol. The van der Waals surface area contributed by atoms with Crippen LogP contribution in [0, 0.1) is 0 Å². The molecule has 0 unspecified atom stereocenters. The van der Waals surface area contributed by atoms with E-state index in [1.165, 1.54) is 0 Å². The highest BCUT2D eigenvalue weighted by Crippen LogP contribution is 2.12. The lowest BCUT2D eigenvalue weighted by Gasteiger charge is -2.33. The molecule has 1 rings (SSSR count). The summed E-state index contributed by atoms with van der Waals surface area (Å²) in [5.74, 6) is 0.226. The zero-order valence-electron chi connectivity index (χ0n) is 12.2. The average Bonchev–Trinajstić information content (AvgIpc) is 2.26. The Kier molecular flexibility index (Phi) is 5.52. The van der Waals surface area contributed by atoms with Crippen molar-refractivity contribution in [2.75, 3.05) is 5.32 Å². The summed E-state index contributed by atoms with van der Waals surface area (Å²) in [6, 6.07) is 9.40. The van der Waals surface area contributed by atoms with Gasteiger partial charge >= 0.3 is 10.2 Å². The predicted octanol–water partition coefficient (Wildman–Crippen LogP) is 1.78. The molecule has 0 saturated heterocycles. The van der Waals surface area contributed by atoms with E-state index in [1.807, 2.05) is 62.9 Å². The second-order valence-corrected chi connectivity index (χ2v) is 6.23. The van der Waals surface area contributed by atoms with Gasteiger partial charge in [-0.2, -0.15) is 8.42 Å². The van der Waals surface area contributed by atoms with Crippen LogP contribution in [0.2, 0.25) is 0 Å². The van der Waals surface area contributed by atoms with Crippen molar-refractivity contribution in [3.8, 4) is 0 Å². The van der Waals surface area contributed by atoms with Crippen LogP contribution in [0.3, 0.4) is 0 Å². The van der Waals surface area contributed by atoms with Gasteiger partial charge in [-0.3, -0.25) is 0 Å². The number of guanidine groups is 1. The number of benzene rings is 1. The maximum absolute atomic E-state index is 11.3. The largest absolute Gasteiger partial charge is 0.337 e. The van der Waals surface area contributed by atoms with Crippen LogP contribution >= 0.6 is 0 Å². The van der Waals surface area contributed by atoms with Crippen LogP contribution in [0.4, 0.5) is 5.69 Å². The van der Waals surface area contributed by atoms with E-state index in [-0.39, 0.29) is 18.0 Å². The summed E-state index contributed by atoms with van der Waals surface area (Å²) >= 11 is 0. The zero-order valence-corrected chi connectivity index (χ0v) is 13.1. The molecule has 20 heavy (non-hydrogen) atoms. The number of nitrogens with zero attached hydrogens (tertiary/aromatic N) is 2. The Balaban J connectivity index is 3.18. The maximum Gasteiger partial charge on any atom is 0.320 e. The van der Waals surface area contributed by atoms with Crippen LogP contribution in [0.25, 0.3) is 0 Å². The summed E-state index contributed by atoms with van der Waals surface area (Å²) in [5.41, 5.74) is 0.751. The molecule has 3 N–H and O–H groups in total. The van der Waals surface area contributed by atoms with E-state index in [0.29, 0.717) is 0 Å². The van der Waals surface area contributed by atoms with Gasteiger partial charge in [-0.05, 0) is 39.8 Å². The second kappa shape index (κ2) is 6.71. The van der Waals surface area contributed by atoms with Crippen molar-refractivity contribution in [1.82, 2.24) is 4.90 Å². The first kappa shape index (κ1) is 16.5. The Morgan fingerprint density at radius 3 is 2.05 bits per heavy atom. The fraction of sp³-hybridized carbons (Fsp3) is 0.462. The molecule has 0 spiro atoms. The molecule has 1 aromatic carbocycles. The van der Waals surface area contributed by atoms with E-state index in [2.05, 4.69) is 9.71 Å². The Morgan fingerprint density at radius 1 is 1.15 bits per heavy atom. The first-order valence-electron chi connectivity index (χ1n) is 6.44. The standard InChI is InChI=1S/C13H22N4O2S/c1-10(2)17(11(3)4)13(16-20(14,18)19)15-12-8-6-5-7-9-12/h5-11H,1-4H3,(H,15,16)(H2,14,18,19). The van der Waals surface area contributed by atoms with Gasteiger partial charge in [0.2, 0.25) is 5.96 Å². The molecule has 6 nitrogen and oxygen atoms in total. The van der Waals surface area contributed by atoms with Crippen molar-refractivity contribution in [3.63, 3.8) is 0 Å². The number of nitrogens with one attached hydrogen (secondary N) is 1. The fourth-order valence-electron chi connectivity index (χ4n) is 1.99. The third-order valence-electron chi connectivity index (χ3n) is 2.60. The Hall–Kier alpha value is -1.60. The van der Waals surface area contributed by atoms with Gasteiger partial charge in [0.25, 0.3) is 0 Å². The van der Waals surface area contributed by atoms with E-state index in [0.717, 1.165) is 5.69 Å². The molecule has 0 aromatic heterocycles. The minimum Gasteiger partial charge on any atom is -0.337 e. The Morgan fingerprint density at radius 2 is 1.65 bits per heavy atom. The van der Waals surface area contributed by atoms with Gasteiger partial charge in [0.15, 0.2) is 0 Å². The highest BCUT2D eigenvalue weighted by molar-refractivity contribution is 7.88. The fourth-order valence-corrected chi connectivity index (χ4v) is 2.37. The van der Waals surface area contributed by atoms with Crippen LogP contribution in [-0.4, -0.2) is 31.4 Å². The molecular weight excluding hydrogens is 276 g/mol. The minimum atomic E-state index is -3.97. The van der Waals surface area contributed by atoms with Gasteiger partial charge in [-0.25, -0.2) is 5.14 Å². The molecule has 1 aromatic rings. The van der Waals surface area contributed by atoms with Crippen molar-refractivity contribution in [3.05, 3.63) is 30.3 Å². The highest BCUT2D eigenvalue weighted by Gasteiger charge is 2.20. The molecule has 0 aliphatic rings. The number of para-hydroxylation sites is 1. The molecular formula is C13H22N4O2S. The van der Waals surface area contributed by atoms with Crippen molar-refractivity contribution >= 4 is 21.9 Å². The molecule has 0 aliphatic carbocycles. The molecule has 112 valence electrons. The number of nitrogens with two attached hydrogens (primary N) is 1. The molecule has 0 aliphatic heterocycles. The van der Waals surface area contributed by atoms with Gasteiger partial charge in [0.05, 0.1) is 0 Å².